The van der Waals surface area contributed by atoms with Crippen LogP contribution in [0.2, 0.25) is 0 Å². The Labute approximate surface area is 85.2 Å². The molecule has 0 aliphatic heterocycles. The van der Waals surface area contributed by atoms with E-state index in [2.05, 4.69) is 6.07 Å². The van der Waals surface area contributed by atoms with E-state index >= 15 is 0 Å². The van der Waals surface area contributed by atoms with E-state index in [9.17, 15) is 5.11 Å². The molecule has 0 saturated heterocycles. The summed E-state index contributed by atoms with van der Waals surface area (Å²) in [5.41, 5.74) is 0. The number of hydrogen-bond acceptors (Lipinski definition) is 2. The minimum atomic E-state index is 0.410. The molecule has 0 bridgehead atoms. The van der Waals surface area contributed by atoms with Crippen molar-refractivity contribution >= 4 is 32.2 Å². The molecule has 0 amide bonds. The van der Waals surface area contributed by atoms with E-state index in [1.54, 1.807) is 11.3 Å². The van der Waals surface area contributed by atoms with Crippen LogP contribution in [-0.2, 0) is 0 Å². The summed E-state index contributed by atoms with van der Waals surface area (Å²) in [7, 11) is 0. The van der Waals surface area contributed by atoms with Gasteiger partial charge in [-0.15, -0.1) is 11.3 Å². The van der Waals surface area contributed by atoms with Gasteiger partial charge in [-0.1, -0.05) is 24.3 Å². The van der Waals surface area contributed by atoms with E-state index in [-0.39, 0.29) is 0 Å². The predicted octanol–water partition coefficient (Wildman–Crippen LogP) is 3.76. The SMILES string of the molecule is Oc1c2ccccc2cc2ccsc12. The molecule has 0 spiro atoms. The molecule has 0 atom stereocenters. The highest BCUT2D eigenvalue weighted by atomic mass is 32.1. The molecule has 68 valence electrons. The Morgan fingerprint density at radius 3 is 2.79 bits per heavy atom. The maximum absolute atomic E-state index is 10.0. The van der Waals surface area contributed by atoms with Gasteiger partial charge in [-0.3, -0.25) is 0 Å². The van der Waals surface area contributed by atoms with E-state index in [0.29, 0.717) is 5.75 Å². The van der Waals surface area contributed by atoms with Crippen LogP contribution in [0, 0.1) is 0 Å². The molecule has 2 heteroatoms. The van der Waals surface area contributed by atoms with Crippen molar-refractivity contribution in [3.63, 3.8) is 0 Å². The second-order valence-corrected chi connectivity index (χ2v) is 4.20. The highest BCUT2D eigenvalue weighted by Crippen LogP contribution is 2.36. The van der Waals surface area contributed by atoms with Crippen LogP contribution in [0.5, 0.6) is 5.75 Å². The van der Waals surface area contributed by atoms with Crippen LogP contribution in [-0.4, -0.2) is 5.11 Å². The second-order valence-electron chi connectivity index (χ2n) is 3.29. The topological polar surface area (TPSA) is 20.2 Å². The van der Waals surface area contributed by atoms with Crippen molar-refractivity contribution in [2.24, 2.45) is 0 Å². The van der Waals surface area contributed by atoms with E-state index in [4.69, 9.17) is 0 Å². The summed E-state index contributed by atoms with van der Waals surface area (Å²) in [6, 6.07) is 12.0. The number of phenolic OH excluding ortho intramolecular Hbond substituents is 1. The summed E-state index contributed by atoms with van der Waals surface area (Å²) in [5, 5.41) is 15.2. The Morgan fingerprint density at radius 1 is 1.00 bits per heavy atom. The molecule has 1 nitrogen and oxygen atoms in total. The maximum atomic E-state index is 10.0. The van der Waals surface area contributed by atoms with Gasteiger partial charge in [0.1, 0.15) is 5.75 Å². The molecule has 0 saturated carbocycles. The average Bonchev–Trinajstić information content (AvgIpc) is 2.66. The fraction of sp³-hybridized carbons (Fsp3) is 0. The van der Waals surface area contributed by atoms with Gasteiger partial charge in [-0.2, -0.15) is 0 Å². The summed E-state index contributed by atoms with van der Waals surface area (Å²) in [6.45, 7) is 0. The molecule has 0 unspecified atom stereocenters. The Bertz CT molecular complexity index is 610. The molecule has 0 aliphatic carbocycles. The van der Waals surface area contributed by atoms with Crippen molar-refractivity contribution in [1.29, 1.82) is 0 Å². The largest absolute Gasteiger partial charge is 0.506 e. The molecule has 0 aliphatic rings. The van der Waals surface area contributed by atoms with Crippen molar-refractivity contribution in [1.82, 2.24) is 0 Å². The molecule has 3 aromatic rings. The Balaban J connectivity index is 2.63. The van der Waals surface area contributed by atoms with E-state index < -0.39 is 0 Å². The molecular weight excluding hydrogens is 192 g/mol. The van der Waals surface area contributed by atoms with Gasteiger partial charge in [0, 0.05) is 5.39 Å². The lowest BCUT2D eigenvalue weighted by Gasteiger charge is -2.01. The van der Waals surface area contributed by atoms with Crippen LogP contribution in [0.4, 0.5) is 0 Å². The third kappa shape index (κ3) is 0.946. The molecule has 1 aromatic heterocycles. The lowest BCUT2D eigenvalue weighted by molar-refractivity contribution is 0.488. The summed E-state index contributed by atoms with van der Waals surface area (Å²) < 4.78 is 0.976. The summed E-state index contributed by atoms with van der Waals surface area (Å²) in [5.74, 6) is 0.410. The zero-order valence-corrected chi connectivity index (χ0v) is 8.21. The Morgan fingerprint density at radius 2 is 1.86 bits per heavy atom. The average molecular weight is 200 g/mol. The quantitative estimate of drug-likeness (QED) is 0.585. The molecule has 1 N–H and O–H groups in total. The van der Waals surface area contributed by atoms with Gasteiger partial charge in [0.05, 0.1) is 4.70 Å². The van der Waals surface area contributed by atoms with Gasteiger partial charge < -0.3 is 5.11 Å². The number of aromatic hydroxyl groups is 1. The van der Waals surface area contributed by atoms with Crippen molar-refractivity contribution < 1.29 is 5.11 Å². The third-order valence-corrected chi connectivity index (χ3v) is 3.37. The van der Waals surface area contributed by atoms with Gasteiger partial charge in [0.15, 0.2) is 0 Å². The van der Waals surface area contributed by atoms with E-state index in [1.807, 2.05) is 35.7 Å². The molecular formula is C12H8OS. The lowest BCUT2D eigenvalue weighted by Crippen LogP contribution is -1.73. The number of hydrogen-bond donors (Lipinski definition) is 1. The molecule has 1 heterocycles. The first-order chi connectivity index (χ1) is 6.86. The van der Waals surface area contributed by atoms with Crippen molar-refractivity contribution in [3.05, 3.63) is 41.8 Å². The predicted molar refractivity (Wildman–Crippen MR) is 61.0 cm³/mol. The zero-order valence-electron chi connectivity index (χ0n) is 7.40. The van der Waals surface area contributed by atoms with Crippen molar-refractivity contribution in [3.8, 4) is 5.75 Å². The first kappa shape index (κ1) is 7.83. The normalized spacial score (nSPS) is 11.1. The summed E-state index contributed by atoms with van der Waals surface area (Å²) >= 11 is 1.58. The van der Waals surface area contributed by atoms with E-state index in [1.165, 1.54) is 0 Å². The monoisotopic (exact) mass is 200 g/mol. The Kier molecular flexibility index (Phi) is 1.52. The fourth-order valence-corrected chi connectivity index (χ4v) is 2.59. The van der Waals surface area contributed by atoms with Gasteiger partial charge in [0.25, 0.3) is 0 Å². The number of phenols is 1. The van der Waals surface area contributed by atoms with Gasteiger partial charge >= 0.3 is 0 Å². The highest BCUT2D eigenvalue weighted by molar-refractivity contribution is 7.17. The minimum absolute atomic E-state index is 0.410. The van der Waals surface area contributed by atoms with Crippen LogP contribution in [0.25, 0.3) is 20.9 Å². The standard InChI is InChI=1S/C12H8OS/c13-11-10-4-2-1-3-8(10)7-9-5-6-14-12(9)11/h1-7,13H. The minimum Gasteiger partial charge on any atom is -0.506 e. The van der Waals surface area contributed by atoms with Crippen molar-refractivity contribution in [2.75, 3.05) is 0 Å². The summed E-state index contributed by atoms with van der Waals surface area (Å²) in [4.78, 5) is 0. The molecule has 2 aromatic carbocycles. The second kappa shape index (κ2) is 2.72. The highest BCUT2D eigenvalue weighted by Gasteiger charge is 2.05. The number of fused-ring (bicyclic) bond motifs is 2. The first-order valence-electron chi connectivity index (χ1n) is 4.44. The number of rotatable bonds is 0. The van der Waals surface area contributed by atoms with Crippen LogP contribution in [0.1, 0.15) is 0 Å². The fourth-order valence-electron chi connectivity index (χ4n) is 1.75. The maximum Gasteiger partial charge on any atom is 0.141 e. The van der Waals surface area contributed by atoms with Crippen LogP contribution in [0.3, 0.4) is 0 Å². The molecule has 0 radical (unpaired) electrons. The first-order valence-corrected chi connectivity index (χ1v) is 5.32. The molecule has 14 heavy (non-hydrogen) atoms. The third-order valence-electron chi connectivity index (χ3n) is 2.44. The van der Waals surface area contributed by atoms with Gasteiger partial charge in [0.2, 0.25) is 0 Å². The number of benzene rings is 2. The Hall–Kier alpha value is -1.54. The smallest absolute Gasteiger partial charge is 0.141 e. The van der Waals surface area contributed by atoms with Crippen molar-refractivity contribution in [2.45, 2.75) is 0 Å². The van der Waals surface area contributed by atoms with E-state index in [0.717, 1.165) is 20.9 Å². The summed E-state index contributed by atoms with van der Waals surface area (Å²) in [6.07, 6.45) is 0. The van der Waals surface area contributed by atoms with Crippen LogP contribution >= 0.6 is 11.3 Å². The van der Waals surface area contributed by atoms with Crippen LogP contribution in [0.15, 0.2) is 41.8 Å². The molecule has 0 fully saturated rings. The van der Waals surface area contributed by atoms with Gasteiger partial charge in [-0.05, 0) is 28.3 Å². The number of thiophene rings is 1. The van der Waals surface area contributed by atoms with Crippen LogP contribution < -0.4 is 0 Å². The molecule has 3 rings (SSSR count). The van der Waals surface area contributed by atoms with Gasteiger partial charge in [-0.25, -0.2) is 0 Å². The zero-order chi connectivity index (χ0) is 9.54. The lowest BCUT2D eigenvalue weighted by atomic mass is 10.1.